The van der Waals surface area contributed by atoms with Crippen molar-refractivity contribution in [1.82, 2.24) is 10.2 Å². The highest BCUT2D eigenvalue weighted by atomic mass is 16.1. The Morgan fingerprint density at radius 3 is 1.28 bits per heavy atom. The molecule has 0 aromatic heterocycles. The van der Waals surface area contributed by atoms with Gasteiger partial charge >= 0.3 is 0 Å². The Kier molecular flexibility index (Phi) is 12.5. The molecule has 0 radical (unpaired) electrons. The number of nitrogens with one attached hydrogen (secondary N) is 1. The third-order valence-corrected chi connectivity index (χ3v) is 3.43. The number of nitrogens with zero attached hydrogens (tertiary/aromatic N) is 1. The molecule has 108 valence electrons. The average Bonchev–Trinajstić information content (AvgIpc) is 2.43. The highest BCUT2D eigenvalue weighted by Gasteiger charge is 2.02. The van der Waals surface area contributed by atoms with E-state index in [-0.39, 0.29) is 5.91 Å². The molecule has 0 spiro atoms. The van der Waals surface area contributed by atoms with Crippen molar-refractivity contribution < 1.29 is 4.79 Å². The normalized spacial score (nSPS) is 19.7. The van der Waals surface area contributed by atoms with Gasteiger partial charge in [0.05, 0.1) is 0 Å². The van der Waals surface area contributed by atoms with Crippen molar-refractivity contribution in [1.29, 1.82) is 0 Å². The minimum absolute atomic E-state index is 0.00463. The van der Waals surface area contributed by atoms with Crippen LogP contribution in [-0.2, 0) is 4.79 Å². The zero-order valence-corrected chi connectivity index (χ0v) is 12.6. The first-order valence-corrected chi connectivity index (χ1v) is 7.53. The van der Waals surface area contributed by atoms with Crippen molar-refractivity contribution in [3.63, 3.8) is 0 Å². The van der Waals surface area contributed by atoms with Crippen LogP contribution in [0.4, 0.5) is 0 Å². The molecule has 3 nitrogen and oxygen atoms in total. The van der Waals surface area contributed by atoms with Gasteiger partial charge in [-0.1, -0.05) is 44.9 Å². The molecular weight excluding hydrogens is 224 g/mol. The molecule has 0 aromatic carbocycles. The standard InChI is InChI=1S/C6H13N.C6H12.C3H7NO/c1-7-5-3-2-4-6-7;1-2-4-6-5-3-1;1-3(5)4-2/h2-6H2,1H3;1-6H2;1-2H3,(H,4,5). The summed E-state index contributed by atoms with van der Waals surface area (Å²) in [6.07, 6.45) is 13.3. The first-order chi connectivity index (χ1) is 8.66. The van der Waals surface area contributed by atoms with Crippen LogP contribution in [0.3, 0.4) is 0 Å². The molecule has 0 aromatic rings. The van der Waals surface area contributed by atoms with E-state index in [9.17, 15) is 4.79 Å². The highest BCUT2D eigenvalue weighted by Crippen LogP contribution is 2.15. The lowest BCUT2D eigenvalue weighted by Crippen LogP contribution is -2.24. The van der Waals surface area contributed by atoms with Crippen molar-refractivity contribution in [2.24, 2.45) is 0 Å². The van der Waals surface area contributed by atoms with Crippen molar-refractivity contribution >= 4 is 5.91 Å². The fraction of sp³-hybridized carbons (Fsp3) is 0.933. The Labute approximate surface area is 113 Å². The summed E-state index contributed by atoms with van der Waals surface area (Å²) in [6, 6.07) is 0. The summed E-state index contributed by atoms with van der Waals surface area (Å²) in [4.78, 5) is 12.1. The van der Waals surface area contributed by atoms with Gasteiger partial charge in [-0.05, 0) is 33.0 Å². The summed E-state index contributed by atoms with van der Waals surface area (Å²) in [6.45, 7) is 4.11. The van der Waals surface area contributed by atoms with Gasteiger partial charge in [0.1, 0.15) is 0 Å². The molecule has 1 saturated carbocycles. The molecule has 1 aliphatic carbocycles. The molecule has 0 atom stereocenters. The van der Waals surface area contributed by atoms with Crippen LogP contribution in [0.1, 0.15) is 64.7 Å². The lowest BCUT2D eigenvalue weighted by Gasteiger charge is -2.20. The van der Waals surface area contributed by atoms with Crippen LogP contribution >= 0.6 is 0 Å². The van der Waals surface area contributed by atoms with Gasteiger partial charge in [-0.2, -0.15) is 0 Å². The molecule has 1 saturated heterocycles. The molecule has 2 rings (SSSR count). The molecule has 3 heteroatoms. The zero-order chi connectivity index (χ0) is 13.6. The Morgan fingerprint density at radius 2 is 1.11 bits per heavy atom. The number of carbonyl (C=O) groups excluding carboxylic acids is 1. The van der Waals surface area contributed by atoms with Crippen LogP contribution in [0.2, 0.25) is 0 Å². The summed E-state index contributed by atoms with van der Waals surface area (Å²) in [5.41, 5.74) is 0. The highest BCUT2D eigenvalue weighted by molar-refractivity contribution is 5.72. The second kappa shape index (κ2) is 12.9. The van der Waals surface area contributed by atoms with E-state index in [4.69, 9.17) is 0 Å². The van der Waals surface area contributed by atoms with Gasteiger partial charge in [0.25, 0.3) is 0 Å². The molecule has 2 aliphatic rings. The fourth-order valence-corrected chi connectivity index (χ4v) is 2.11. The topological polar surface area (TPSA) is 32.3 Å². The maximum atomic E-state index is 9.70. The summed E-state index contributed by atoms with van der Waals surface area (Å²) >= 11 is 0. The predicted octanol–water partition coefficient (Wildman–Crippen LogP) is 3.20. The summed E-state index contributed by atoms with van der Waals surface area (Å²) in [5, 5.41) is 2.39. The van der Waals surface area contributed by atoms with E-state index in [1.165, 1.54) is 77.8 Å². The molecule has 18 heavy (non-hydrogen) atoms. The van der Waals surface area contributed by atoms with E-state index >= 15 is 0 Å². The number of piperidine rings is 1. The first kappa shape index (κ1) is 17.4. The molecule has 1 amide bonds. The molecule has 0 bridgehead atoms. The number of hydrogen-bond acceptors (Lipinski definition) is 2. The Bertz CT molecular complexity index is 173. The SMILES string of the molecule is C1CCCCC1.CN1CCCCC1.CNC(C)=O. The zero-order valence-electron chi connectivity index (χ0n) is 12.6. The Balaban J connectivity index is 0.000000245. The number of hydrogen-bond donors (Lipinski definition) is 1. The predicted molar refractivity (Wildman–Crippen MR) is 78.8 cm³/mol. The molecule has 2 fully saturated rings. The van der Waals surface area contributed by atoms with Gasteiger partial charge in [0.15, 0.2) is 0 Å². The van der Waals surface area contributed by atoms with Crippen molar-refractivity contribution in [2.75, 3.05) is 27.2 Å². The molecule has 0 unspecified atom stereocenters. The maximum absolute atomic E-state index is 9.70. The minimum atomic E-state index is 0.00463. The van der Waals surface area contributed by atoms with Crippen LogP contribution in [0.15, 0.2) is 0 Å². The van der Waals surface area contributed by atoms with Gasteiger partial charge in [-0.25, -0.2) is 0 Å². The van der Waals surface area contributed by atoms with Crippen molar-refractivity contribution in [3.8, 4) is 0 Å². The Morgan fingerprint density at radius 1 is 0.833 bits per heavy atom. The third kappa shape index (κ3) is 13.5. The van der Waals surface area contributed by atoms with E-state index in [0.29, 0.717) is 0 Å². The van der Waals surface area contributed by atoms with Crippen LogP contribution in [0, 0.1) is 0 Å². The lowest BCUT2D eigenvalue weighted by atomic mass is 10.0. The van der Waals surface area contributed by atoms with E-state index in [0.717, 1.165) is 0 Å². The van der Waals surface area contributed by atoms with Crippen molar-refractivity contribution in [3.05, 3.63) is 0 Å². The summed E-state index contributed by atoms with van der Waals surface area (Å²) in [7, 11) is 3.79. The first-order valence-electron chi connectivity index (χ1n) is 7.53. The smallest absolute Gasteiger partial charge is 0.216 e. The van der Waals surface area contributed by atoms with Crippen molar-refractivity contribution in [2.45, 2.75) is 64.7 Å². The fourth-order valence-electron chi connectivity index (χ4n) is 2.11. The van der Waals surface area contributed by atoms with Gasteiger partial charge in [-0.15, -0.1) is 0 Å². The molecule has 1 heterocycles. The van der Waals surface area contributed by atoms with Gasteiger partial charge in [0.2, 0.25) is 5.91 Å². The lowest BCUT2D eigenvalue weighted by molar-refractivity contribution is -0.118. The summed E-state index contributed by atoms with van der Waals surface area (Å²) in [5.74, 6) is 0.00463. The molecule has 1 N–H and O–H groups in total. The van der Waals surface area contributed by atoms with Gasteiger partial charge in [0, 0.05) is 14.0 Å². The second-order valence-electron chi connectivity index (χ2n) is 5.29. The van der Waals surface area contributed by atoms with Crippen LogP contribution in [0.5, 0.6) is 0 Å². The van der Waals surface area contributed by atoms with E-state index in [1.807, 2.05) is 0 Å². The number of likely N-dealkylation sites (tertiary alicyclic amines) is 1. The van der Waals surface area contributed by atoms with Crippen LogP contribution < -0.4 is 5.32 Å². The summed E-state index contributed by atoms with van der Waals surface area (Å²) < 4.78 is 0. The van der Waals surface area contributed by atoms with E-state index in [2.05, 4.69) is 17.3 Å². The number of amides is 1. The maximum Gasteiger partial charge on any atom is 0.216 e. The minimum Gasteiger partial charge on any atom is -0.359 e. The monoisotopic (exact) mass is 256 g/mol. The third-order valence-electron chi connectivity index (χ3n) is 3.43. The quantitative estimate of drug-likeness (QED) is 0.722. The average molecular weight is 256 g/mol. The van der Waals surface area contributed by atoms with E-state index < -0.39 is 0 Å². The van der Waals surface area contributed by atoms with Crippen LogP contribution in [-0.4, -0.2) is 38.0 Å². The number of carbonyl (C=O) groups is 1. The van der Waals surface area contributed by atoms with Crippen LogP contribution in [0.25, 0.3) is 0 Å². The number of rotatable bonds is 0. The second-order valence-corrected chi connectivity index (χ2v) is 5.29. The molecular formula is C15H32N2O. The van der Waals surface area contributed by atoms with E-state index in [1.54, 1.807) is 7.05 Å². The van der Waals surface area contributed by atoms with Gasteiger partial charge < -0.3 is 10.2 Å². The molecule has 1 aliphatic heterocycles. The van der Waals surface area contributed by atoms with Gasteiger partial charge in [-0.3, -0.25) is 4.79 Å². The largest absolute Gasteiger partial charge is 0.359 e. The Hall–Kier alpha value is -0.570.